The van der Waals surface area contributed by atoms with Crippen LogP contribution in [0.1, 0.15) is 13.0 Å². The lowest BCUT2D eigenvalue weighted by atomic mass is 10.3. The van der Waals surface area contributed by atoms with Crippen LogP contribution in [0.2, 0.25) is 0 Å². The second kappa shape index (κ2) is 3.43. The van der Waals surface area contributed by atoms with Crippen molar-refractivity contribution in [3.63, 3.8) is 0 Å². The molecule has 66 valence electrons. The van der Waals surface area contributed by atoms with E-state index in [-0.39, 0.29) is 11.9 Å². The maximum atomic E-state index is 11.4. The van der Waals surface area contributed by atoms with Crippen molar-refractivity contribution in [1.29, 1.82) is 0 Å². The number of rotatable bonds is 2. The molecule has 1 rings (SSSR count). The molecule has 1 atom stereocenters. The zero-order valence-electron chi connectivity index (χ0n) is 7.69. The first-order valence-electron chi connectivity index (χ1n) is 3.96. The van der Waals surface area contributed by atoms with E-state index in [4.69, 9.17) is 0 Å². The van der Waals surface area contributed by atoms with Gasteiger partial charge in [-0.25, -0.2) is 0 Å². The van der Waals surface area contributed by atoms with Crippen LogP contribution in [-0.4, -0.2) is 29.5 Å². The number of hydrogen-bond acceptors (Lipinski definition) is 1. The van der Waals surface area contributed by atoms with Gasteiger partial charge in [0.1, 0.15) is 6.04 Å². The van der Waals surface area contributed by atoms with Gasteiger partial charge in [-0.3, -0.25) is 4.79 Å². The highest BCUT2D eigenvalue weighted by Crippen LogP contribution is 2.07. The fourth-order valence-corrected chi connectivity index (χ4v) is 1.11. The first kappa shape index (κ1) is 8.84. The molecule has 1 amide bonds. The van der Waals surface area contributed by atoms with Crippen molar-refractivity contribution >= 4 is 5.91 Å². The summed E-state index contributed by atoms with van der Waals surface area (Å²) < 4.78 is 1.89. The number of carbonyl (C=O) groups excluding carboxylic acids is 1. The van der Waals surface area contributed by atoms with Crippen LogP contribution in [0.3, 0.4) is 0 Å². The Labute approximate surface area is 72.6 Å². The summed E-state index contributed by atoms with van der Waals surface area (Å²) in [5.74, 6) is 0.117. The molecule has 3 nitrogen and oxygen atoms in total. The molecule has 1 heterocycles. The van der Waals surface area contributed by atoms with Gasteiger partial charge in [0.05, 0.1) is 0 Å². The summed E-state index contributed by atoms with van der Waals surface area (Å²) in [5, 5.41) is 0. The number of nitrogens with zero attached hydrogens (tertiary/aromatic N) is 2. The van der Waals surface area contributed by atoms with E-state index in [1.165, 1.54) is 0 Å². The summed E-state index contributed by atoms with van der Waals surface area (Å²) >= 11 is 0. The van der Waals surface area contributed by atoms with Crippen LogP contribution >= 0.6 is 0 Å². The third-order valence-electron chi connectivity index (χ3n) is 1.87. The molecule has 0 aliphatic heterocycles. The number of carbonyl (C=O) groups is 1. The second-order valence-electron chi connectivity index (χ2n) is 3.04. The second-order valence-corrected chi connectivity index (χ2v) is 3.04. The summed E-state index contributed by atoms with van der Waals surface area (Å²) in [6.45, 7) is 1.89. The number of hydrogen-bond donors (Lipinski definition) is 0. The van der Waals surface area contributed by atoms with Crippen molar-refractivity contribution in [2.75, 3.05) is 14.1 Å². The smallest absolute Gasteiger partial charge is 0.244 e. The Bertz CT molecular complexity index is 252. The normalized spacial score (nSPS) is 12.6. The van der Waals surface area contributed by atoms with Gasteiger partial charge >= 0.3 is 0 Å². The third kappa shape index (κ3) is 1.67. The molecule has 0 radical (unpaired) electrons. The van der Waals surface area contributed by atoms with Crippen LogP contribution in [0.25, 0.3) is 0 Å². The van der Waals surface area contributed by atoms with Gasteiger partial charge in [-0.15, -0.1) is 0 Å². The monoisotopic (exact) mass is 166 g/mol. The largest absolute Gasteiger partial charge is 0.347 e. The lowest BCUT2D eigenvalue weighted by molar-refractivity contribution is -0.131. The van der Waals surface area contributed by atoms with E-state index >= 15 is 0 Å². The molecule has 0 aliphatic carbocycles. The summed E-state index contributed by atoms with van der Waals surface area (Å²) in [4.78, 5) is 13.0. The van der Waals surface area contributed by atoms with Crippen LogP contribution in [0.5, 0.6) is 0 Å². The molecular formula is C9H14N2O. The third-order valence-corrected chi connectivity index (χ3v) is 1.87. The molecule has 0 aromatic carbocycles. The molecule has 1 unspecified atom stereocenters. The van der Waals surface area contributed by atoms with Crippen LogP contribution in [0, 0.1) is 0 Å². The lowest BCUT2D eigenvalue weighted by Crippen LogP contribution is -2.29. The van der Waals surface area contributed by atoms with Gasteiger partial charge in [0, 0.05) is 26.5 Å². The minimum Gasteiger partial charge on any atom is -0.347 e. The quantitative estimate of drug-likeness (QED) is 0.646. The minimum atomic E-state index is -0.102. The first-order valence-corrected chi connectivity index (χ1v) is 3.96. The average Bonchev–Trinajstić information content (AvgIpc) is 2.53. The predicted octanol–water partition coefficient (Wildman–Crippen LogP) is 1.14. The van der Waals surface area contributed by atoms with Crippen LogP contribution in [-0.2, 0) is 4.79 Å². The SMILES string of the molecule is CC(C(=O)N(C)C)n1cccc1. The molecule has 1 aromatic heterocycles. The van der Waals surface area contributed by atoms with Gasteiger partial charge < -0.3 is 9.47 Å². The predicted molar refractivity (Wildman–Crippen MR) is 47.8 cm³/mol. The standard InChI is InChI=1S/C9H14N2O/c1-8(9(12)10(2)3)11-6-4-5-7-11/h4-8H,1-3H3. The Morgan fingerprint density at radius 2 is 1.83 bits per heavy atom. The van der Waals surface area contributed by atoms with Gasteiger partial charge in [-0.05, 0) is 19.1 Å². The molecule has 0 fully saturated rings. The number of aromatic nitrogens is 1. The van der Waals surface area contributed by atoms with E-state index in [2.05, 4.69) is 0 Å². The fourth-order valence-electron chi connectivity index (χ4n) is 1.11. The molecule has 0 saturated carbocycles. The van der Waals surface area contributed by atoms with Crippen LogP contribution in [0.4, 0.5) is 0 Å². The molecule has 12 heavy (non-hydrogen) atoms. The van der Waals surface area contributed by atoms with E-state index in [1.807, 2.05) is 36.0 Å². The van der Waals surface area contributed by atoms with E-state index in [0.29, 0.717) is 0 Å². The summed E-state index contributed by atoms with van der Waals surface area (Å²) in [7, 11) is 3.53. The Hall–Kier alpha value is -1.25. The maximum absolute atomic E-state index is 11.4. The lowest BCUT2D eigenvalue weighted by Gasteiger charge is -2.17. The average molecular weight is 166 g/mol. The number of likely N-dealkylation sites (N-methyl/N-ethyl adjacent to an activating group) is 1. The fraction of sp³-hybridized carbons (Fsp3) is 0.444. The van der Waals surface area contributed by atoms with E-state index < -0.39 is 0 Å². The molecule has 0 N–H and O–H groups in total. The Balaban J connectivity index is 2.72. The van der Waals surface area contributed by atoms with Crippen molar-refractivity contribution in [1.82, 2.24) is 9.47 Å². The van der Waals surface area contributed by atoms with Crippen LogP contribution < -0.4 is 0 Å². The zero-order valence-corrected chi connectivity index (χ0v) is 7.69. The highest BCUT2D eigenvalue weighted by molar-refractivity contribution is 5.79. The Morgan fingerprint density at radius 1 is 1.33 bits per heavy atom. The number of amides is 1. The maximum Gasteiger partial charge on any atom is 0.244 e. The molecule has 1 aromatic rings. The van der Waals surface area contributed by atoms with Gasteiger partial charge in [0.15, 0.2) is 0 Å². The van der Waals surface area contributed by atoms with Crippen molar-refractivity contribution < 1.29 is 4.79 Å². The molecule has 0 aliphatic rings. The van der Waals surface area contributed by atoms with Crippen LogP contribution in [0.15, 0.2) is 24.5 Å². The molecule has 3 heteroatoms. The molecule has 0 spiro atoms. The highest BCUT2D eigenvalue weighted by atomic mass is 16.2. The van der Waals surface area contributed by atoms with Crippen molar-refractivity contribution in [3.8, 4) is 0 Å². The van der Waals surface area contributed by atoms with Crippen molar-refractivity contribution in [2.24, 2.45) is 0 Å². The minimum absolute atomic E-state index is 0.102. The van der Waals surface area contributed by atoms with E-state index in [1.54, 1.807) is 19.0 Å². The van der Waals surface area contributed by atoms with E-state index in [0.717, 1.165) is 0 Å². The van der Waals surface area contributed by atoms with E-state index in [9.17, 15) is 4.79 Å². The van der Waals surface area contributed by atoms with Crippen molar-refractivity contribution in [2.45, 2.75) is 13.0 Å². The molecular weight excluding hydrogens is 152 g/mol. The summed E-state index contributed by atoms with van der Waals surface area (Å²) in [5.41, 5.74) is 0. The molecule has 0 saturated heterocycles. The Kier molecular flexibility index (Phi) is 2.53. The van der Waals surface area contributed by atoms with Crippen molar-refractivity contribution in [3.05, 3.63) is 24.5 Å². The summed E-state index contributed by atoms with van der Waals surface area (Å²) in [6, 6.07) is 3.73. The highest BCUT2D eigenvalue weighted by Gasteiger charge is 2.14. The van der Waals surface area contributed by atoms with Gasteiger partial charge in [-0.2, -0.15) is 0 Å². The van der Waals surface area contributed by atoms with Gasteiger partial charge in [0.2, 0.25) is 5.91 Å². The topological polar surface area (TPSA) is 25.2 Å². The zero-order chi connectivity index (χ0) is 9.14. The summed E-state index contributed by atoms with van der Waals surface area (Å²) in [6.07, 6.45) is 3.79. The Morgan fingerprint density at radius 3 is 2.25 bits per heavy atom. The van der Waals surface area contributed by atoms with Gasteiger partial charge in [0.25, 0.3) is 0 Å². The van der Waals surface area contributed by atoms with Gasteiger partial charge in [-0.1, -0.05) is 0 Å². The molecule has 0 bridgehead atoms. The first-order chi connectivity index (χ1) is 5.63.